The first-order valence-corrected chi connectivity index (χ1v) is 6.10. The highest BCUT2D eigenvalue weighted by atomic mass is 16.3. The van der Waals surface area contributed by atoms with Crippen molar-refractivity contribution >= 4 is 5.69 Å². The van der Waals surface area contributed by atoms with Crippen molar-refractivity contribution in [1.82, 2.24) is 0 Å². The molecule has 3 heteroatoms. The van der Waals surface area contributed by atoms with Crippen LogP contribution in [0.25, 0.3) is 0 Å². The van der Waals surface area contributed by atoms with Crippen LogP contribution in [0.2, 0.25) is 0 Å². The van der Waals surface area contributed by atoms with Gasteiger partial charge < -0.3 is 14.8 Å². The molecule has 0 aliphatic carbocycles. The fourth-order valence-electron chi connectivity index (χ4n) is 2.15. The molecule has 1 atom stereocenters. The minimum atomic E-state index is 0.173. The van der Waals surface area contributed by atoms with Crippen molar-refractivity contribution in [2.45, 2.75) is 33.7 Å². The van der Waals surface area contributed by atoms with Gasteiger partial charge in [-0.1, -0.05) is 0 Å². The molecule has 2 rings (SSSR count). The van der Waals surface area contributed by atoms with Gasteiger partial charge in [0, 0.05) is 11.3 Å². The van der Waals surface area contributed by atoms with Gasteiger partial charge in [0.15, 0.2) is 0 Å². The van der Waals surface area contributed by atoms with Crippen LogP contribution in [0.3, 0.4) is 0 Å². The molecule has 18 heavy (non-hydrogen) atoms. The fourth-order valence-corrected chi connectivity index (χ4v) is 2.15. The standard InChI is InChI=1S/C15H19NO2/c1-9-7-13(5-6-15(9)17)16-11(3)14-8-10(2)18-12(14)4/h5-8,11,16-17H,1-4H3. The molecule has 2 N–H and O–H groups in total. The highest BCUT2D eigenvalue weighted by molar-refractivity contribution is 5.51. The number of benzene rings is 1. The quantitative estimate of drug-likeness (QED) is 0.801. The molecule has 0 saturated heterocycles. The third-order valence-electron chi connectivity index (χ3n) is 3.13. The maximum absolute atomic E-state index is 9.50. The summed E-state index contributed by atoms with van der Waals surface area (Å²) in [5.41, 5.74) is 3.03. The molecule has 0 aliphatic rings. The summed E-state index contributed by atoms with van der Waals surface area (Å²) in [6.07, 6.45) is 0. The largest absolute Gasteiger partial charge is 0.508 e. The van der Waals surface area contributed by atoms with Crippen LogP contribution < -0.4 is 5.32 Å². The average Bonchev–Trinajstić information content (AvgIpc) is 2.63. The van der Waals surface area contributed by atoms with Crippen LogP contribution in [0.5, 0.6) is 5.75 Å². The number of nitrogens with one attached hydrogen (secondary N) is 1. The van der Waals surface area contributed by atoms with E-state index in [1.54, 1.807) is 6.07 Å². The third kappa shape index (κ3) is 2.50. The highest BCUT2D eigenvalue weighted by Gasteiger charge is 2.12. The first-order chi connectivity index (χ1) is 8.47. The molecule has 96 valence electrons. The molecule has 0 aliphatic heterocycles. The van der Waals surface area contributed by atoms with E-state index in [4.69, 9.17) is 4.42 Å². The lowest BCUT2D eigenvalue weighted by molar-refractivity contribution is 0.471. The SMILES string of the molecule is Cc1cc(C(C)Nc2ccc(O)c(C)c2)c(C)o1. The highest BCUT2D eigenvalue weighted by Crippen LogP contribution is 2.27. The number of hydrogen-bond donors (Lipinski definition) is 2. The van der Waals surface area contributed by atoms with Gasteiger partial charge in [-0.3, -0.25) is 0 Å². The second-order valence-corrected chi connectivity index (χ2v) is 4.74. The zero-order valence-corrected chi connectivity index (χ0v) is 11.2. The maximum atomic E-state index is 9.50. The molecule has 1 aromatic carbocycles. The van der Waals surface area contributed by atoms with Crippen molar-refractivity contribution in [2.75, 3.05) is 5.32 Å². The lowest BCUT2D eigenvalue weighted by atomic mass is 10.1. The molecular formula is C15H19NO2. The maximum Gasteiger partial charge on any atom is 0.118 e. The number of furan rings is 1. The Hall–Kier alpha value is -1.90. The van der Waals surface area contributed by atoms with E-state index in [-0.39, 0.29) is 6.04 Å². The Kier molecular flexibility index (Phi) is 3.32. The van der Waals surface area contributed by atoms with Gasteiger partial charge >= 0.3 is 0 Å². The van der Waals surface area contributed by atoms with E-state index in [0.717, 1.165) is 22.8 Å². The summed E-state index contributed by atoms with van der Waals surface area (Å²) < 4.78 is 5.54. The first-order valence-electron chi connectivity index (χ1n) is 6.10. The second-order valence-electron chi connectivity index (χ2n) is 4.74. The minimum absolute atomic E-state index is 0.173. The smallest absolute Gasteiger partial charge is 0.118 e. The van der Waals surface area contributed by atoms with Crippen molar-refractivity contribution in [1.29, 1.82) is 0 Å². The van der Waals surface area contributed by atoms with Crippen LogP contribution in [0.4, 0.5) is 5.69 Å². The van der Waals surface area contributed by atoms with Gasteiger partial charge in [0.2, 0.25) is 0 Å². The van der Waals surface area contributed by atoms with Crippen LogP contribution in [-0.2, 0) is 0 Å². The molecule has 2 aromatic rings. The van der Waals surface area contributed by atoms with E-state index in [0.29, 0.717) is 5.75 Å². The molecular weight excluding hydrogens is 226 g/mol. The van der Waals surface area contributed by atoms with Gasteiger partial charge in [0.1, 0.15) is 17.3 Å². The zero-order chi connectivity index (χ0) is 13.3. The number of hydrogen-bond acceptors (Lipinski definition) is 3. The Morgan fingerprint density at radius 2 is 1.89 bits per heavy atom. The molecule has 0 spiro atoms. The van der Waals surface area contributed by atoms with E-state index < -0.39 is 0 Å². The van der Waals surface area contributed by atoms with Crippen molar-refractivity contribution in [2.24, 2.45) is 0 Å². The summed E-state index contributed by atoms with van der Waals surface area (Å²) in [6.45, 7) is 7.91. The summed E-state index contributed by atoms with van der Waals surface area (Å²) in [5, 5.41) is 12.9. The topological polar surface area (TPSA) is 45.4 Å². The Balaban J connectivity index is 2.18. The van der Waals surface area contributed by atoms with Crippen molar-refractivity contribution in [3.63, 3.8) is 0 Å². The number of phenols is 1. The minimum Gasteiger partial charge on any atom is -0.508 e. The van der Waals surface area contributed by atoms with E-state index in [2.05, 4.69) is 18.3 Å². The normalized spacial score (nSPS) is 12.4. The molecule has 3 nitrogen and oxygen atoms in total. The predicted octanol–water partition coefficient (Wildman–Crippen LogP) is 4.08. The Bertz CT molecular complexity index is 558. The molecule has 0 amide bonds. The molecule has 0 saturated carbocycles. The van der Waals surface area contributed by atoms with E-state index >= 15 is 0 Å². The van der Waals surface area contributed by atoms with Crippen molar-refractivity contribution in [3.8, 4) is 5.75 Å². The lowest BCUT2D eigenvalue weighted by Crippen LogP contribution is -2.06. The molecule has 0 fully saturated rings. The Morgan fingerprint density at radius 3 is 2.44 bits per heavy atom. The summed E-state index contributed by atoms with van der Waals surface area (Å²) >= 11 is 0. The zero-order valence-electron chi connectivity index (χ0n) is 11.2. The van der Waals surface area contributed by atoms with Crippen LogP contribution in [0.15, 0.2) is 28.7 Å². The van der Waals surface area contributed by atoms with Gasteiger partial charge in [-0.25, -0.2) is 0 Å². The lowest BCUT2D eigenvalue weighted by Gasteiger charge is -2.15. The summed E-state index contributed by atoms with van der Waals surface area (Å²) in [7, 11) is 0. The van der Waals surface area contributed by atoms with E-state index in [9.17, 15) is 5.11 Å². The van der Waals surface area contributed by atoms with Crippen LogP contribution in [0, 0.1) is 20.8 Å². The molecule has 0 radical (unpaired) electrons. The Morgan fingerprint density at radius 1 is 1.17 bits per heavy atom. The Labute approximate surface area is 107 Å². The van der Waals surface area contributed by atoms with Gasteiger partial charge in [0.05, 0.1) is 6.04 Å². The number of rotatable bonds is 3. The van der Waals surface area contributed by atoms with Gasteiger partial charge in [-0.2, -0.15) is 0 Å². The fraction of sp³-hybridized carbons (Fsp3) is 0.333. The summed E-state index contributed by atoms with van der Waals surface area (Å²) in [4.78, 5) is 0. The number of aryl methyl sites for hydroxylation is 3. The second kappa shape index (κ2) is 4.77. The van der Waals surface area contributed by atoms with E-state index in [1.807, 2.05) is 32.9 Å². The molecule has 1 heterocycles. The number of anilines is 1. The average molecular weight is 245 g/mol. The summed E-state index contributed by atoms with van der Waals surface area (Å²) in [5.74, 6) is 2.20. The van der Waals surface area contributed by atoms with Crippen LogP contribution >= 0.6 is 0 Å². The van der Waals surface area contributed by atoms with Gasteiger partial charge in [-0.15, -0.1) is 0 Å². The number of phenolic OH excluding ortho intramolecular Hbond substituents is 1. The monoisotopic (exact) mass is 245 g/mol. The van der Waals surface area contributed by atoms with Crippen LogP contribution in [0.1, 0.15) is 35.6 Å². The van der Waals surface area contributed by atoms with Crippen LogP contribution in [-0.4, -0.2) is 5.11 Å². The molecule has 0 bridgehead atoms. The molecule has 1 aromatic heterocycles. The molecule has 1 unspecified atom stereocenters. The third-order valence-corrected chi connectivity index (χ3v) is 3.13. The van der Waals surface area contributed by atoms with Crippen molar-refractivity contribution < 1.29 is 9.52 Å². The summed E-state index contributed by atoms with van der Waals surface area (Å²) in [6, 6.07) is 7.75. The van der Waals surface area contributed by atoms with Gasteiger partial charge in [0.25, 0.3) is 0 Å². The number of aromatic hydroxyl groups is 1. The van der Waals surface area contributed by atoms with Gasteiger partial charge in [-0.05, 0) is 57.5 Å². The first kappa shape index (κ1) is 12.6. The predicted molar refractivity (Wildman–Crippen MR) is 73.1 cm³/mol. The van der Waals surface area contributed by atoms with Crippen molar-refractivity contribution in [3.05, 3.63) is 46.9 Å². The van der Waals surface area contributed by atoms with E-state index in [1.165, 1.54) is 5.56 Å².